The molecule has 4 aromatic rings. The van der Waals surface area contributed by atoms with E-state index in [9.17, 15) is 14.0 Å². The number of hydrogen-bond acceptors (Lipinski definition) is 4. The Morgan fingerprint density at radius 1 is 1.03 bits per heavy atom. The van der Waals surface area contributed by atoms with Crippen LogP contribution in [0.25, 0.3) is 16.9 Å². The van der Waals surface area contributed by atoms with Crippen LogP contribution in [-0.4, -0.2) is 53.3 Å². The van der Waals surface area contributed by atoms with Crippen LogP contribution in [-0.2, 0) is 9.53 Å². The number of carbonyl (C=O) groups is 2. The third-order valence-corrected chi connectivity index (χ3v) is 6.08. The zero-order valence-corrected chi connectivity index (χ0v) is 21.8. The monoisotopic (exact) mass is 564 g/mol. The molecule has 2 amide bonds. The first-order chi connectivity index (χ1) is 17.9. The summed E-state index contributed by atoms with van der Waals surface area (Å²) in [5, 5.41) is 7.53. The lowest BCUT2D eigenvalue weighted by Crippen LogP contribution is -2.39. The van der Waals surface area contributed by atoms with Gasteiger partial charge in [0.05, 0.1) is 11.4 Å². The first-order valence-corrected chi connectivity index (χ1v) is 12.5. The molecular formula is C28H26BrFN4O3. The number of aromatic nitrogens is 2. The van der Waals surface area contributed by atoms with Crippen molar-refractivity contribution in [3.63, 3.8) is 0 Å². The van der Waals surface area contributed by atoms with Crippen molar-refractivity contribution in [3.05, 3.63) is 101 Å². The molecule has 190 valence electrons. The van der Waals surface area contributed by atoms with E-state index in [0.29, 0.717) is 42.3 Å². The maximum absolute atomic E-state index is 13.5. The van der Waals surface area contributed by atoms with E-state index in [1.807, 2.05) is 36.4 Å². The molecule has 0 spiro atoms. The zero-order chi connectivity index (χ0) is 26.2. The molecular weight excluding hydrogens is 539 g/mol. The Balaban J connectivity index is 1.59. The highest BCUT2D eigenvalue weighted by Gasteiger charge is 2.21. The second kappa shape index (κ2) is 12.4. The van der Waals surface area contributed by atoms with Gasteiger partial charge in [-0.25, -0.2) is 9.07 Å². The summed E-state index contributed by atoms with van der Waals surface area (Å²) in [5.41, 5.74) is 2.57. The molecule has 1 aromatic heterocycles. The molecule has 0 aliphatic heterocycles. The van der Waals surface area contributed by atoms with Crippen LogP contribution < -0.4 is 5.32 Å². The average molecular weight is 565 g/mol. The minimum atomic E-state index is -0.386. The normalized spacial score (nSPS) is 10.8. The molecule has 0 aliphatic carbocycles. The van der Waals surface area contributed by atoms with Gasteiger partial charge in [-0.2, -0.15) is 5.10 Å². The van der Waals surface area contributed by atoms with E-state index in [1.54, 1.807) is 48.2 Å². The van der Waals surface area contributed by atoms with Gasteiger partial charge >= 0.3 is 0 Å². The lowest BCUT2D eigenvalue weighted by Gasteiger charge is -2.22. The van der Waals surface area contributed by atoms with E-state index in [4.69, 9.17) is 4.74 Å². The molecule has 0 saturated heterocycles. The molecule has 0 saturated carbocycles. The quantitative estimate of drug-likeness (QED) is 0.256. The minimum absolute atomic E-state index is 0.162. The predicted octanol–water partition coefficient (Wildman–Crippen LogP) is 5.56. The number of nitrogens with zero attached hydrogens (tertiary/aromatic N) is 3. The topological polar surface area (TPSA) is 76.5 Å². The van der Waals surface area contributed by atoms with E-state index < -0.39 is 0 Å². The smallest absolute Gasteiger partial charge is 0.254 e. The highest BCUT2D eigenvalue weighted by atomic mass is 79.9. The summed E-state index contributed by atoms with van der Waals surface area (Å²) in [6, 6.07) is 24.2. The fourth-order valence-electron chi connectivity index (χ4n) is 3.81. The van der Waals surface area contributed by atoms with Crippen LogP contribution in [0.1, 0.15) is 16.8 Å². The Morgan fingerprint density at radius 2 is 1.78 bits per heavy atom. The molecule has 9 heteroatoms. The number of hydrogen-bond donors (Lipinski definition) is 1. The minimum Gasteiger partial charge on any atom is -0.385 e. The summed E-state index contributed by atoms with van der Waals surface area (Å²) in [4.78, 5) is 27.9. The van der Waals surface area contributed by atoms with Gasteiger partial charge in [-0.3, -0.25) is 9.59 Å². The van der Waals surface area contributed by atoms with Crippen LogP contribution in [0.5, 0.6) is 0 Å². The van der Waals surface area contributed by atoms with Crippen molar-refractivity contribution in [1.82, 2.24) is 14.7 Å². The number of ether oxygens (including phenoxy) is 1. The van der Waals surface area contributed by atoms with Crippen LogP contribution >= 0.6 is 15.9 Å². The Bertz CT molecular complexity index is 1360. The van der Waals surface area contributed by atoms with Gasteiger partial charge in [-0.15, -0.1) is 0 Å². The van der Waals surface area contributed by atoms with Crippen LogP contribution in [0.4, 0.5) is 10.2 Å². The second-order valence-electron chi connectivity index (χ2n) is 8.30. The SMILES string of the molecule is COCCCN(CC(=O)Nc1cc(-c2ccccc2)nn1-c1ccc(F)cc1)C(=O)c1cccc(Br)c1. The largest absolute Gasteiger partial charge is 0.385 e. The van der Waals surface area contributed by atoms with Crippen LogP contribution in [0.2, 0.25) is 0 Å². The number of benzene rings is 3. The van der Waals surface area contributed by atoms with Gasteiger partial charge < -0.3 is 15.0 Å². The number of nitrogens with one attached hydrogen (secondary N) is 1. The molecule has 0 aliphatic rings. The summed E-state index contributed by atoms with van der Waals surface area (Å²) in [5.74, 6) is -0.613. The lowest BCUT2D eigenvalue weighted by molar-refractivity contribution is -0.117. The zero-order valence-electron chi connectivity index (χ0n) is 20.2. The first-order valence-electron chi connectivity index (χ1n) is 11.7. The molecule has 0 unspecified atom stereocenters. The lowest BCUT2D eigenvalue weighted by atomic mass is 10.1. The summed E-state index contributed by atoms with van der Waals surface area (Å²) in [6.07, 6.45) is 0.579. The molecule has 1 heterocycles. The van der Waals surface area contributed by atoms with Gasteiger partial charge in [0, 0.05) is 41.9 Å². The van der Waals surface area contributed by atoms with Crippen LogP contribution in [0, 0.1) is 5.82 Å². The molecule has 0 fully saturated rings. The van der Waals surface area contributed by atoms with Crippen molar-refractivity contribution in [2.45, 2.75) is 6.42 Å². The third-order valence-electron chi connectivity index (χ3n) is 5.59. The summed E-state index contributed by atoms with van der Waals surface area (Å²) in [6.45, 7) is 0.644. The molecule has 1 N–H and O–H groups in total. The molecule has 7 nitrogen and oxygen atoms in total. The van der Waals surface area contributed by atoms with Gasteiger partial charge in [0.25, 0.3) is 5.91 Å². The molecule has 37 heavy (non-hydrogen) atoms. The number of anilines is 1. The standard InChI is InChI=1S/C28H26BrFN4O3/c1-37-16-6-15-33(28(36)21-9-5-10-22(29)17-21)19-27(35)31-26-18-25(20-7-3-2-4-8-20)32-34(26)24-13-11-23(30)12-14-24/h2-5,7-14,17-18H,6,15-16,19H2,1H3,(H,31,35). The van der Waals surface area contributed by atoms with Gasteiger partial charge in [-0.1, -0.05) is 52.3 Å². The first kappa shape index (κ1) is 26.2. The Hall–Kier alpha value is -3.82. The predicted molar refractivity (Wildman–Crippen MR) is 144 cm³/mol. The number of methoxy groups -OCH3 is 1. The molecule has 4 rings (SSSR count). The van der Waals surface area contributed by atoms with Crippen LogP contribution in [0.15, 0.2) is 89.4 Å². The van der Waals surface area contributed by atoms with Crippen LogP contribution in [0.3, 0.4) is 0 Å². The number of halogens is 2. The summed E-state index contributed by atoms with van der Waals surface area (Å²) >= 11 is 3.39. The van der Waals surface area contributed by atoms with Crippen molar-refractivity contribution in [2.24, 2.45) is 0 Å². The van der Waals surface area contributed by atoms with Crippen molar-refractivity contribution in [1.29, 1.82) is 0 Å². The fraction of sp³-hybridized carbons (Fsp3) is 0.179. The fourth-order valence-corrected chi connectivity index (χ4v) is 4.21. The number of amides is 2. The maximum Gasteiger partial charge on any atom is 0.254 e. The Kier molecular flexibility index (Phi) is 8.81. The van der Waals surface area contributed by atoms with Gasteiger partial charge in [0.1, 0.15) is 18.2 Å². The van der Waals surface area contributed by atoms with Gasteiger partial charge in [0.2, 0.25) is 5.91 Å². The molecule has 3 aromatic carbocycles. The number of carbonyl (C=O) groups excluding carboxylic acids is 2. The van der Waals surface area contributed by atoms with Crippen molar-refractivity contribution in [3.8, 4) is 16.9 Å². The third kappa shape index (κ3) is 6.90. The highest BCUT2D eigenvalue weighted by molar-refractivity contribution is 9.10. The van der Waals surface area contributed by atoms with E-state index in [1.165, 1.54) is 17.0 Å². The van der Waals surface area contributed by atoms with Gasteiger partial charge in [-0.05, 0) is 48.9 Å². The maximum atomic E-state index is 13.5. The highest BCUT2D eigenvalue weighted by Crippen LogP contribution is 2.25. The van der Waals surface area contributed by atoms with Crippen molar-refractivity contribution >= 4 is 33.6 Å². The molecule has 0 atom stereocenters. The Labute approximate surface area is 223 Å². The molecule has 0 radical (unpaired) electrons. The average Bonchev–Trinajstić information content (AvgIpc) is 3.32. The Morgan fingerprint density at radius 3 is 2.49 bits per heavy atom. The van der Waals surface area contributed by atoms with E-state index in [0.717, 1.165) is 10.0 Å². The van der Waals surface area contributed by atoms with E-state index >= 15 is 0 Å². The summed E-state index contributed by atoms with van der Waals surface area (Å²) < 4.78 is 21.0. The van der Waals surface area contributed by atoms with Crippen molar-refractivity contribution < 1.29 is 18.7 Å². The van der Waals surface area contributed by atoms with Gasteiger partial charge in [0.15, 0.2) is 0 Å². The van der Waals surface area contributed by atoms with E-state index in [-0.39, 0.29) is 24.2 Å². The van der Waals surface area contributed by atoms with E-state index in [2.05, 4.69) is 26.3 Å². The molecule has 0 bridgehead atoms. The second-order valence-corrected chi connectivity index (χ2v) is 9.22. The van der Waals surface area contributed by atoms with Crippen molar-refractivity contribution in [2.75, 3.05) is 32.1 Å². The summed E-state index contributed by atoms with van der Waals surface area (Å²) in [7, 11) is 1.59. The number of rotatable bonds is 10.